The van der Waals surface area contributed by atoms with Crippen LogP contribution in [0.5, 0.6) is 0 Å². The molecule has 0 aromatic rings. The first-order chi connectivity index (χ1) is 5.25. The van der Waals surface area contributed by atoms with E-state index < -0.39 is 0 Å². The predicted molar refractivity (Wildman–Crippen MR) is 58.4 cm³/mol. The van der Waals surface area contributed by atoms with E-state index in [1.165, 1.54) is 9.15 Å². The van der Waals surface area contributed by atoms with Gasteiger partial charge in [0.05, 0.1) is 5.71 Å². The van der Waals surface area contributed by atoms with E-state index in [-0.39, 0.29) is 0 Å². The van der Waals surface area contributed by atoms with E-state index in [2.05, 4.69) is 40.6 Å². The maximum atomic E-state index is 4.17. The number of hydrogen-bond acceptors (Lipinski definition) is 1. The zero-order valence-electron chi connectivity index (χ0n) is 6.63. The fourth-order valence-electron chi connectivity index (χ4n) is 0.960. The van der Waals surface area contributed by atoms with Crippen LogP contribution in [0.3, 0.4) is 0 Å². The molecule has 0 spiro atoms. The van der Waals surface area contributed by atoms with Gasteiger partial charge >= 0.3 is 0 Å². The minimum atomic E-state index is 1.07. The summed E-state index contributed by atoms with van der Waals surface area (Å²) in [6.45, 7) is 2.09. The lowest BCUT2D eigenvalue weighted by Crippen LogP contribution is -2.00. The summed E-state index contributed by atoms with van der Waals surface area (Å²) in [6.07, 6.45) is 8.15. The third-order valence-corrected chi connectivity index (χ3v) is 2.10. The van der Waals surface area contributed by atoms with Crippen molar-refractivity contribution >= 4 is 28.3 Å². The standard InChI is InChI=1S/C9H10IN/c1-7(10)8-5-3-4-6-9(8)11-2/h3-6H,1-2H3/b8-7-,11-9?. The summed E-state index contributed by atoms with van der Waals surface area (Å²) < 4.78 is 1.28. The third-order valence-electron chi connectivity index (χ3n) is 1.52. The van der Waals surface area contributed by atoms with Crippen LogP contribution in [0.1, 0.15) is 6.92 Å². The molecule has 0 fully saturated rings. The summed E-state index contributed by atoms with van der Waals surface area (Å²) >= 11 is 2.31. The van der Waals surface area contributed by atoms with Crippen molar-refractivity contribution in [3.63, 3.8) is 0 Å². The van der Waals surface area contributed by atoms with Crippen LogP contribution in [-0.4, -0.2) is 12.8 Å². The highest BCUT2D eigenvalue weighted by Gasteiger charge is 2.04. The highest BCUT2D eigenvalue weighted by atomic mass is 127. The number of nitrogens with zero attached hydrogens (tertiary/aromatic N) is 1. The van der Waals surface area contributed by atoms with Gasteiger partial charge in [-0.05, 0) is 39.2 Å². The Kier molecular flexibility index (Phi) is 3.05. The molecule has 0 amide bonds. The lowest BCUT2D eigenvalue weighted by molar-refractivity contribution is 1.42. The van der Waals surface area contributed by atoms with Gasteiger partial charge in [-0.1, -0.05) is 18.2 Å². The number of aliphatic imine (C=N–C) groups is 1. The molecule has 1 rings (SSSR count). The van der Waals surface area contributed by atoms with E-state index in [0.29, 0.717) is 0 Å². The zero-order chi connectivity index (χ0) is 8.27. The highest BCUT2D eigenvalue weighted by molar-refractivity contribution is 14.1. The first-order valence-electron chi connectivity index (χ1n) is 3.44. The maximum absolute atomic E-state index is 4.17. The molecular formula is C9H10IN. The normalized spacial score (nSPS) is 24.5. The van der Waals surface area contributed by atoms with Gasteiger partial charge in [0.25, 0.3) is 0 Å². The largest absolute Gasteiger partial charge is 0.288 e. The van der Waals surface area contributed by atoms with Gasteiger partial charge in [0.1, 0.15) is 0 Å². The molecule has 0 heterocycles. The lowest BCUT2D eigenvalue weighted by Gasteiger charge is -2.06. The number of allylic oxidation sites excluding steroid dienone is 6. The first kappa shape index (κ1) is 8.71. The second-order valence-electron chi connectivity index (χ2n) is 2.27. The van der Waals surface area contributed by atoms with Crippen molar-refractivity contribution < 1.29 is 0 Å². The Morgan fingerprint density at radius 1 is 1.36 bits per heavy atom. The average Bonchev–Trinajstić information content (AvgIpc) is 2.04. The molecular weight excluding hydrogens is 249 g/mol. The monoisotopic (exact) mass is 259 g/mol. The molecule has 0 saturated heterocycles. The van der Waals surface area contributed by atoms with E-state index in [0.717, 1.165) is 5.71 Å². The third kappa shape index (κ3) is 2.02. The van der Waals surface area contributed by atoms with Gasteiger partial charge in [0, 0.05) is 12.6 Å². The molecule has 2 heteroatoms. The van der Waals surface area contributed by atoms with Crippen molar-refractivity contribution in [2.45, 2.75) is 6.92 Å². The average molecular weight is 259 g/mol. The summed E-state index contributed by atoms with van der Waals surface area (Å²) in [5, 5.41) is 0. The number of rotatable bonds is 0. The summed E-state index contributed by atoms with van der Waals surface area (Å²) in [5.74, 6) is 0. The molecule has 0 aromatic carbocycles. The van der Waals surface area contributed by atoms with Crippen molar-refractivity contribution in [3.8, 4) is 0 Å². The van der Waals surface area contributed by atoms with Gasteiger partial charge in [0.2, 0.25) is 0 Å². The zero-order valence-corrected chi connectivity index (χ0v) is 8.79. The van der Waals surface area contributed by atoms with Crippen molar-refractivity contribution in [1.29, 1.82) is 0 Å². The van der Waals surface area contributed by atoms with E-state index in [4.69, 9.17) is 0 Å². The van der Waals surface area contributed by atoms with E-state index in [1.807, 2.05) is 25.3 Å². The molecule has 0 N–H and O–H groups in total. The Hall–Kier alpha value is -0.380. The Bertz CT molecular complexity index is 265. The Labute approximate surface area is 80.7 Å². The van der Waals surface area contributed by atoms with E-state index in [9.17, 15) is 0 Å². The van der Waals surface area contributed by atoms with Crippen molar-refractivity contribution in [3.05, 3.63) is 33.5 Å². The summed E-state index contributed by atoms with van der Waals surface area (Å²) in [4.78, 5) is 4.17. The summed E-state index contributed by atoms with van der Waals surface area (Å²) in [5.41, 5.74) is 2.30. The Morgan fingerprint density at radius 3 is 2.45 bits per heavy atom. The second kappa shape index (κ2) is 3.85. The molecule has 0 aromatic heterocycles. The van der Waals surface area contributed by atoms with Gasteiger partial charge in [-0.3, -0.25) is 4.99 Å². The van der Waals surface area contributed by atoms with Crippen LogP contribution in [0.4, 0.5) is 0 Å². The van der Waals surface area contributed by atoms with Gasteiger partial charge in [-0.15, -0.1) is 0 Å². The van der Waals surface area contributed by atoms with Crippen molar-refractivity contribution in [2.75, 3.05) is 7.05 Å². The molecule has 1 aliphatic rings. The summed E-state index contributed by atoms with van der Waals surface area (Å²) in [6, 6.07) is 0. The van der Waals surface area contributed by atoms with Crippen molar-refractivity contribution in [2.24, 2.45) is 4.99 Å². The first-order valence-corrected chi connectivity index (χ1v) is 4.52. The van der Waals surface area contributed by atoms with Crippen LogP contribution in [0.25, 0.3) is 0 Å². The van der Waals surface area contributed by atoms with Crippen LogP contribution in [0, 0.1) is 0 Å². The van der Waals surface area contributed by atoms with Crippen molar-refractivity contribution in [1.82, 2.24) is 0 Å². The lowest BCUT2D eigenvalue weighted by atomic mass is 10.1. The minimum Gasteiger partial charge on any atom is -0.288 e. The Balaban J connectivity index is 3.08. The predicted octanol–water partition coefficient (Wildman–Crippen LogP) is 2.89. The second-order valence-corrected chi connectivity index (χ2v) is 3.89. The maximum Gasteiger partial charge on any atom is 0.0650 e. The number of halogens is 1. The van der Waals surface area contributed by atoms with Crippen LogP contribution in [0.15, 0.2) is 38.4 Å². The van der Waals surface area contributed by atoms with Crippen LogP contribution in [-0.2, 0) is 0 Å². The van der Waals surface area contributed by atoms with Crippen LogP contribution in [0.2, 0.25) is 0 Å². The molecule has 0 aliphatic heterocycles. The van der Waals surface area contributed by atoms with Gasteiger partial charge in [0.15, 0.2) is 0 Å². The van der Waals surface area contributed by atoms with E-state index >= 15 is 0 Å². The fourth-order valence-corrected chi connectivity index (χ4v) is 1.42. The Morgan fingerprint density at radius 2 is 2.00 bits per heavy atom. The highest BCUT2D eigenvalue weighted by Crippen LogP contribution is 2.17. The van der Waals surface area contributed by atoms with Crippen LogP contribution < -0.4 is 0 Å². The molecule has 58 valence electrons. The van der Waals surface area contributed by atoms with Gasteiger partial charge in [-0.25, -0.2) is 0 Å². The minimum absolute atomic E-state index is 1.07. The SMILES string of the molecule is CN=C1C=CC=C/C1=C(\C)I. The van der Waals surface area contributed by atoms with E-state index in [1.54, 1.807) is 0 Å². The van der Waals surface area contributed by atoms with Crippen LogP contribution >= 0.6 is 22.6 Å². The summed E-state index contributed by atoms with van der Waals surface area (Å²) in [7, 11) is 1.82. The quantitative estimate of drug-likeness (QED) is 0.593. The smallest absolute Gasteiger partial charge is 0.0650 e. The van der Waals surface area contributed by atoms with Gasteiger partial charge in [-0.2, -0.15) is 0 Å². The molecule has 1 aliphatic carbocycles. The molecule has 11 heavy (non-hydrogen) atoms. The molecule has 1 nitrogen and oxygen atoms in total. The fraction of sp³-hybridized carbons (Fsp3) is 0.222. The van der Waals surface area contributed by atoms with Gasteiger partial charge < -0.3 is 0 Å². The molecule has 0 bridgehead atoms. The number of hydrogen-bond donors (Lipinski definition) is 0. The molecule has 0 saturated carbocycles. The molecule has 0 atom stereocenters. The molecule has 0 radical (unpaired) electrons. The molecule has 0 unspecified atom stereocenters. The topological polar surface area (TPSA) is 12.4 Å².